The molecule has 158 valence electrons. The molecule has 1 aliphatic heterocycles. The van der Waals surface area contributed by atoms with Gasteiger partial charge in [0.1, 0.15) is 5.76 Å². The predicted octanol–water partition coefficient (Wildman–Crippen LogP) is 3.25. The lowest BCUT2D eigenvalue weighted by Crippen LogP contribution is -2.31. The number of likely N-dealkylation sites (tertiary alicyclic amines) is 1. The minimum Gasteiger partial charge on any atom is -0.507 e. The van der Waals surface area contributed by atoms with Crippen LogP contribution in [0.3, 0.4) is 0 Å². The van der Waals surface area contributed by atoms with E-state index in [1.807, 2.05) is 0 Å². The maximum atomic E-state index is 12.9. The maximum absolute atomic E-state index is 12.9. The van der Waals surface area contributed by atoms with Crippen LogP contribution < -0.4 is 4.74 Å². The monoisotopic (exact) mass is 411 g/mol. The van der Waals surface area contributed by atoms with Crippen molar-refractivity contribution >= 4 is 17.4 Å². The Bertz CT molecular complexity index is 953. The Morgan fingerprint density at radius 2 is 1.87 bits per heavy atom. The number of nitrogens with zero attached hydrogens (tertiary/aromatic N) is 1. The van der Waals surface area contributed by atoms with Crippen LogP contribution in [0.1, 0.15) is 30.5 Å². The number of carbonyl (C=O) groups is 2. The minimum atomic E-state index is -0.804. The van der Waals surface area contributed by atoms with Gasteiger partial charge >= 0.3 is 0 Å². The molecule has 30 heavy (non-hydrogen) atoms. The number of methoxy groups -OCH3 is 1. The van der Waals surface area contributed by atoms with Gasteiger partial charge in [-0.05, 0) is 31.0 Å². The Labute approximate surface area is 175 Å². The molecule has 1 fully saturated rings. The van der Waals surface area contributed by atoms with Gasteiger partial charge in [0.2, 0.25) is 0 Å². The van der Waals surface area contributed by atoms with E-state index < -0.39 is 17.7 Å². The SMILES string of the molecule is CCOc1cc([C@@H]2C(=C(O)c3ccccc3)C(=O)C(=O)N2CCCOC)ccc1O. The number of amides is 1. The molecule has 2 aromatic carbocycles. The van der Waals surface area contributed by atoms with Crippen LogP contribution >= 0.6 is 0 Å². The van der Waals surface area contributed by atoms with Crippen LogP contribution in [-0.4, -0.2) is 53.7 Å². The average molecular weight is 411 g/mol. The lowest BCUT2D eigenvalue weighted by molar-refractivity contribution is -0.140. The van der Waals surface area contributed by atoms with Crippen molar-refractivity contribution in [1.29, 1.82) is 0 Å². The molecule has 2 N–H and O–H groups in total. The lowest BCUT2D eigenvalue weighted by Gasteiger charge is -2.25. The highest BCUT2D eigenvalue weighted by Crippen LogP contribution is 2.41. The topological polar surface area (TPSA) is 96.3 Å². The van der Waals surface area contributed by atoms with E-state index in [0.29, 0.717) is 30.8 Å². The molecule has 7 heteroatoms. The van der Waals surface area contributed by atoms with Gasteiger partial charge in [-0.25, -0.2) is 0 Å². The zero-order chi connectivity index (χ0) is 21.7. The van der Waals surface area contributed by atoms with E-state index >= 15 is 0 Å². The minimum absolute atomic E-state index is 0.0109. The molecular formula is C23H25NO6. The average Bonchev–Trinajstić information content (AvgIpc) is 3.01. The number of hydrogen-bond acceptors (Lipinski definition) is 6. The molecule has 1 heterocycles. The van der Waals surface area contributed by atoms with E-state index in [4.69, 9.17) is 9.47 Å². The van der Waals surface area contributed by atoms with Crippen molar-refractivity contribution in [1.82, 2.24) is 4.90 Å². The van der Waals surface area contributed by atoms with Gasteiger partial charge in [0.15, 0.2) is 11.5 Å². The fourth-order valence-corrected chi connectivity index (χ4v) is 3.56. The second-order valence-corrected chi connectivity index (χ2v) is 6.87. The number of carbonyl (C=O) groups excluding carboxylic acids is 2. The van der Waals surface area contributed by atoms with E-state index in [2.05, 4.69) is 0 Å². The summed E-state index contributed by atoms with van der Waals surface area (Å²) >= 11 is 0. The van der Waals surface area contributed by atoms with E-state index in [-0.39, 0.29) is 29.4 Å². The third-order valence-corrected chi connectivity index (χ3v) is 4.93. The standard InChI is InChI=1S/C23H25NO6/c1-3-30-18-14-16(10-11-17(18)25)20-19(21(26)15-8-5-4-6-9-15)22(27)23(28)24(20)12-7-13-29-2/h4-6,8-11,14,20,25-26H,3,7,12-13H2,1-2H3/t20-/m1/s1. The summed E-state index contributed by atoms with van der Waals surface area (Å²) in [5, 5.41) is 21.0. The normalized spacial score (nSPS) is 18.1. The van der Waals surface area contributed by atoms with Gasteiger partial charge in [-0.3, -0.25) is 9.59 Å². The molecule has 0 spiro atoms. The van der Waals surface area contributed by atoms with Crippen molar-refractivity contribution in [2.75, 3.05) is 26.9 Å². The Hall–Kier alpha value is -3.32. The summed E-state index contributed by atoms with van der Waals surface area (Å²) < 4.78 is 10.5. The van der Waals surface area contributed by atoms with Gasteiger partial charge in [-0.15, -0.1) is 0 Å². The molecule has 3 rings (SSSR count). The van der Waals surface area contributed by atoms with E-state index in [1.165, 1.54) is 11.0 Å². The number of rotatable bonds is 8. The number of phenols is 1. The fourth-order valence-electron chi connectivity index (χ4n) is 3.56. The second-order valence-electron chi connectivity index (χ2n) is 6.87. The Kier molecular flexibility index (Phi) is 6.74. The lowest BCUT2D eigenvalue weighted by atomic mass is 9.95. The zero-order valence-corrected chi connectivity index (χ0v) is 17.0. The molecule has 0 radical (unpaired) electrons. The first-order valence-corrected chi connectivity index (χ1v) is 9.78. The first-order chi connectivity index (χ1) is 14.5. The molecular weight excluding hydrogens is 386 g/mol. The molecule has 1 amide bonds. The predicted molar refractivity (Wildman–Crippen MR) is 111 cm³/mol. The van der Waals surface area contributed by atoms with E-state index in [1.54, 1.807) is 56.5 Å². The van der Waals surface area contributed by atoms with Crippen molar-refractivity contribution in [3.05, 3.63) is 65.2 Å². The van der Waals surface area contributed by atoms with Gasteiger partial charge in [-0.2, -0.15) is 0 Å². The zero-order valence-electron chi connectivity index (χ0n) is 17.0. The summed E-state index contributed by atoms with van der Waals surface area (Å²) in [7, 11) is 1.56. The van der Waals surface area contributed by atoms with E-state index in [0.717, 1.165) is 0 Å². The molecule has 2 aromatic rings. The van der Waals surface area contributed by atoms with Crippen LogP contribution in [-0.2, 0) is 14.3 Å². The molecule has 7 nitrogen and oxygen atoms in total. The highest BCUT2D eigenvalue weighted by Gasteiger charge is 2.46. The maximum Gasteiger partial charge on any atom is 0.295 e. The quantitative estimate of drug-likeness (QED) is 0.300. The summed E-state index contributed by atoms with van der Waals surface area (Å²) in [5.74, 6) is -1.46. The molecule has 1 atom stereocenters. The molecule has 0 unspecified atom stereocenters. The highest BCUT2D eigenvalue weighted by molar-refractivity contribution is 6.46. The van der Waals surface area contributed by atoms with Crippen molar-refractivity contribution in [2.45, 2.75) is 19.4 Å². The van der Waals surface area contributed by atoms with Crippen molar-refractivity contribution in [2.24, 2.45) is 0 Å². The van der Waals surface area contributed by atoms with Crippen LogP contribution in [0.2, 0.25) is 0 Å². The summed E-state index contributed by atoms with van der Waals surface area (Å²) in [6.45, 7) is 2.83. The number of aliphatic hydroxyl groups is 1. The summed E-state index contributed by atoms with van der Waals surface area (Å²) in [6.07, 6.45) is 0.530. The van der Waals surface area contributed by atoms with Crippen LogP contribution in [0, 0.1) is 0 Å². The second kappa shape index (κ2) is 9.45. The van der Waals surface area contributed by atoms with Gasteiger partial charge < -0.3 is 24.6 Å². The molecule has 0 aliphatic carbocycles. The van der Waals surface area contributed by atoms with Crippen molar-refractivity contribution in [3.63, 3.8) is 0 Å². The number of ketones is 1. The molecule has 1 saturated heterocycles. The summed E-state index contributed by atoms with van der Waals surface area (Å²) in [5.41, 5.74) is 1.02. The fraction of sp³-hybridized carbons (Fsp3) is 0.304. The molecule has 0 aromatic heterocycles. The smallest absolute Gasteiger partial charge is 0.295 e. The van der Waals surface area contributed by atoms with Crippen LogP contribution in [0.5, 0.6) is 11.5 Å². The number of benzene rings is 2. The van der Waals surface area contributed by atoms with Gasteiger partial charge in [-0.1, -0.05) is 36.4 Å². The Morgan fingerprint density at radius 1 is 1.13 bits per heavy atom. The number of Topliss-reactive ketones (excluding diaryl/α,β-unsaturated/α-hetero) is 1. The number of aliphatic hydroxyl groups excluding tert-OH is 1. The first kappa shape index (κ1) is 21.4. The van der Waals surface area contributed by atoms with Gasteiger partial charge in [0, 0.05) is 25.8 Å². The molecule has 1 aliphatic rings. The largest absolute Gasteiger partial charge is 0.507 e. The van der Waals surface area contributed by atoms with Crippen molar-refractivity contribution < 1.29 is 29.3 Å². The molecule has 0 bridgehead atoms. The molecule has 0 saturated carbocycles. The summed E-state index contributed by atoms with van der Waals surface area (Å²) in [6, 6.07) is 12.5. The highest BCUT2D eigenvalue weighted by atomic mass is 16.5. The van der Waals surface area contributed by atoms with Gasteiger partial charge in [0.25, 0.3) is 11.7 Å². The summed E-state index contributed by atoms with van der Waals surface area (Å²) in [4.78, 5) is 27.1. The number of ether oxygens (including phenoxy) is 2. The van der Waals surface area contributed by atoms with Crippen molar-refractivity contribution in [3.8, 4) is 11.5 Å². The van der Waals surface area contributed by atoms with E-state index in [9.17, 15) is 19.8 Å². The van der Waals surface area contributed by atoms with Crippen LogP contribution in [0.25, 0.3) is 5.76 Å². The number of phenolic OH excluding ortho intramolecular Hbond substituents is 1. The third-order valence-electron chi connectivity index (χ3n) is 4.93. The first-order valence-electron chi connectivity index (χ1n) is 9.78. The number of aromatic hydroxyl groups is 1. The van der Waals surface area contributed by atoms with Gasteiger partial charge in [0.05, 0.1) is 18.2 Å². The Morgan fingerprint density at radius 3 is 2.53 bits per heavy atom. The Balaban J connectivity index is 2.14. The third kappa shape index (κ3) is 4.16. The van der Waals surface area contributed by atoms with Crippen LogP contribution in [0.4, 0.5) is 0 Å². The number of hydrogen-bond donors (Lipinski definition) is 2. The van der Waals surface area contributed by atoms with Crippen LogP contribution in [0.15, 0.2) is 54.1 Å².